The molecule has 0 saturated carbocycles. The Morgan fingerprint density at radius 3 is 2.51 bits per heavy atom. The maximum absolute atomic E-state index is 13.3. The van der Waals surface area contributed by atoms with Gasteiger partial charge in [-0.05, 0) is 82.9 Å². The van der Waals surface area contributed by atoms with Gasteiger partial charge in [0, 0.05) is 16.6 Å². The van der Waals surface area contributed by atoms with Crippen LogP contribution in [0.2, 0.25) is 0 Å². The molecular formula is C27H21Br2N3O7. The third-order valence-electron chi connectivity index (χ3n) is 5.65. The highest BCUT2D eigenvalue weighted by atomic mass is 79.9. The second-order valence-electron chi connectivity index (χ2n) is 8.37. The summed E-state index contributed by atoms with van der Waals surface area (Å²) in [5.74, 6) is -0.929. The number of amides is 4. The molecule has 0 spiro atoms. The van der Waals surface area contributed by atoms with Crippen LogP contribution >= 0.6 is 31.9 Å². The number of barbiturate groups is 1. The van der Waals surface area contributed by atoms with E-state index < -0.39 is 22.8 Å². The molecule has 1 aliphatic rings. The molecule has 1 aliphatic heterocycles. The van der Waals surface area contributed by atoms with Crippen LogP contribution in [-0.4, -0.2) is 29.4 Å². The molecule has 1 saturated heterocycles. The minimum Gasteiger partial charge on any atom is -0.490 e. The number of aryl methyl sites for hydroxylation is 1. The van der Waals surface area contributed by atoms with Crippen molar-refractivity contribution in [3.63, 3.8) is 0 Å². The number of nitro benzene ring substituents is 1. The quantitative estimate of drug-likeness (QED) is 0.135. The van der Waals surface area contributed by atoms with Crippen molar-refractivity contribution in [2.45, 2.75) is 20.5 Å². The number of halogens is 2. The maximum Gasteiger partial charge on any atom is 0.335 e. The van der Waals surface area contributed by atoms with Crippen LogP contribution < -0.4 is 19.7 Å². The van der Waals surface area contributed by atoms with Crippen LogP contribution in [0.15, 0.2) is 69.1 Å². The summed E-state index contributed by atoms with van der Waals surface area (Å²) in [6, 6.07) is 13.5. The number of carbonyl (C=O) groups is 3. The third kappa shape index (κ3) is 6.18. The lowest BCUT2D eigenvalue weighted by molar-refractivity contribution is -0.384. The van der Waals surface area contributed by atoms with Crippen LogP contribution in [0.25, 0.3) is 6.08 Å². The Morgan fingerprint density at radius 1 is 1.05 bits per heavy atom. The highest BCUT2D eigenvalue weighted by Gasteiger charge is 2.37. The van der Waals surface area contributed by atoms with Gasteiger partial charge in [-0.15, -0.1) is 0 Å². The zero-order valence-corrected chi connectivity index (χ0v) is 23.9. The number of nitro groups is 1. The maximum atomic E-state index is 13.3. The van der Waals surface area contributed by atoms with Crippen LogP contribution in [0.1, 0.15) is 23.6 Å². The molecule has 4 rings (SSSR count). The summed E-state index contributed by atoms with van der Waals surface area (Å²) in [5.41, 5.74) is 1.74. The molecule has 200 valence electrons. The van der Waals surface area contributed by atoms with Crippen molar-refractivity contribution in [2.75, 3.05) is 11.5 Å². The standard InChI is InChI=1S/C27H21Br2N3O7/c1-3-38-23-13-17(12-21(29)24(23)39-14-16-5-4-6-19(10-16)32(36)37)11-20-25(33)30-27(35)31(26(20)34)22-8-7-18(28)9-15(22)2/h4-13H,3,14H2,1-2H3,(H,30,33,35)/b20-11-. The molecule has 39 heavy (non-hydrogen) atoms. The fourth-order valence-corrected chi connectivity index (χ4v) is 4.95. The van der Waals surface area contributed by atoms with E-state index in [9.17, 15) is 24.5 Å². The van der Waals surface area contributed by atoms with E-state index >= 15 is 0 Å². The largest absolute Gasteiger partial charge is 0.490 e. The van der Waals surface area contributed by atoms with Crippen molar-refractivity contribution < 1.29 is 28.8 Å². The highest BCUT2D eigenvalue weighted by Crippen LogP contribution is 2.38. The number of nitrogens with one attached hydrogen (secondary N) is 1. The second-order valence-corrected chi connectivity index (χ2v) is 10.1. The van der Waals surface area contributed by atoms with Crippen LogP contribution in [0.3, 0.4) is 0 Å². The van der Waals surface area contributed by atoms with E-state index in [1.807, 2.05) is 0 Å². The van der Waals surface area contributed by atoms with E-state index in [2.05, 4.69) is 37.2 Å². The van der Waals surface area contributed by atoms with Gasteiger partial charge in [0.15, 0.2) is 11.5 Å². The molecule has 1 fully saturated rings. The van der Waals surface area contributed by atoms with E-state index in [1.54, 1.807) is 56.3 Å². The normalized spacial score (nSPS) is 14.4. The predicted octanol–water partition coefficient (Wildman–Crippen LogP) is 6.07. The van der Waals surface area contributed by atoms with Gasteiger partial charge in [0.2, 0.25) is 0 Å². The van der Waals surface area contributed by atoms with Crippen molar-refractivity contribution in [1.29, 1.82) is 0 Å². The first-order chi connectivity index (χ1) is 18.6. The van der Waals surface area contributed by atoms with Gasteiger partial charge in [-0.3, -0.25) is 25.0 Å². The summed E-state index contributed by atoms with van der Waals surface area (Å²) >= 11 is 6.81. The Kier molecular flexibility index (Phi) is 8.46. The molecule has 3 aromatic rings. The van der Waals surface area contributed by atoms with Crippen molar-refractivity contribution >= 4 is 67.2 Å². The molecule has 4 amide bonds. The van der Waals surface area contributed by atoms with E-state index in [-0.39, 0.29) is 17.9 Å². The van der Waals surface area contributed by atoms with Gasteiger partial charge < -0.3 is 9.47 Å². The predicted molar refractivity (Wildman–Crippen MR) is 151 cm³/mol. The van der Waals surface area contributed by atoms with Gasteiger partial charge in [-0.2, -0.15) is 0 Å². The first-order valence-corrected chi connectivity index (χ1v) is 13.2. The summed E-state index contributed by atoms with van der Waals surface area (Å²) in [6.07, 6.45) is 1.36. The molecule has 0 unspecified atom stereocenters. The number of non-ortho nitro benzene ring substituents is 1. The molecule has 0 aromatic heterocycles. The van der Waals surface area contributed by atoms with Crippen molar-refractivity contribution in [3.8, 4) is 11.5 Å². The Hall–Kier alpha value is -4.03. The van der Waals surface area contributed by atoms with Gasteiger partial charge in [0.1, 0.15) is 12.2 Å². The van der Waals surface area contributed by atoms with Crippen molar-refractivity contribution in [3.05, 3.63) is 95.9 Å². The third-order valence-corrected chi connectivity index (χ3v) is 6.73. The minimum absolute atomic E-state index is 0.0330. The molecule has 3 aromatic carbocycles. The van der Waals surface area contributed by atoms with Crippen molar-refractivity contribution in [1.82, 2.24) is 5.32 Å². The van der Waals surface area contributed by atoms with Crippen LogP contribution in [0.4, 0.5) is 16.2 Å². The number of carbonyl (C=O) groups excluding carboxylic acids is 3. The first kappa shape index (κ1) is 28.0. The molecule has 12 heteroatoms. The van der Waals surface area contributed by atoms with E-state index in [0.717, 1.165) is 9.37 Å². The van der Waals surface area contributed by atoms with Gasteiger partial charge in [-0.1, -0.05) is 28.1 Å². The molecule has 0 radical (unpaired) electrons. The van der Waals surface area contributed by atoms with E-state index in [0.29, 0.717) is 45.0 Å². The molecular weight excluding hydrogens is 638 g/mol. The lowest BCUT2D eigenvalue weighted by Gasteiger charge is -2.27. The number of hydrogen-bond acceptors (Lipinski definition) is 7. The number of benzene rings is 3. The number of rotatable bonds is 8. The monoisotopic (exact) mass is 657 g/mol. The average Bonchev–Trinajstić information content (AvgIpc) is 2.87. The van der Waals surface area contributed by atoms with E-state index in [1.165, 1.54) is 18.2 Å². The SMILES string of the molecule is CCOc1cc(/C=C2/C(=O)NC(=O)N(c3ccc(Br)cc3C)C2=O)cc(Br)c1OCc1cccc([N+](=O)[O-])c1. The minimum atomic E-state index is -0.839. The number of anilines is 1. The van der Waals surface area contributed by atoms with Gasteiger partial charge >= 0.3 is 6.03 Å². The molecule has 0 aliphatic carbocycles. The van der Waals surface area contributed by atoms with Gasteiger partial charge in [0.05, 0.1) is 21.7 Å². The smallest absolute Gasteiger partial charge is 0.335 e. The zero-order valence-electron chi connectivity index (χ0n) is 20.7. The van der Waals surface area contributed by atoms with E-state index in [4.69, 9.17) is 9.47 Å². The van der Waals surface area contributed by atoms with Crippen LogP contribution in [0.5, 0.6) is 11.5 Å². The average molecular weight is 659 g/mol. The fraction of sp³-hybridized carbons (Fsp3) is 0.148. The number of ether oxygens (including phenoxy) is 2. The van der Waals surface area contributed by atoms with Crippen molar-refractivity contribution in [2.24, 2.45) is 0 Å². The number of hydrogen-bond donors (Lipinski definition) is 1. The lowest BCUT2D eigenvalue weighted by atomic mass is 10.1. The Bertz CT molecular complexity index is 1540. The first-order valence-electron chi connectivity index (χ1n) is 11.6. The molecule has 0 atom stereocenters. The molecule has 10 nitrogen and oxygen atoms in total. The second kappa shape index (κ2) is 11.8. The highest BCUT2D eigenvalue weighted by molar-refractivity contribution is 9.10. The van der Waals surface area contributed by atoms with Crippen LogP contribution in [-0.2, 0) is 16.2 Å². The zero-order chi connectivity index (χ0) is 28.3. The fourth-order valence-electron chi connectivity index (χ4n) is 3.90. The summed E-state index contributed by atoms with van der Waals surface area (Å²) in [7, 11) is 0. The summed E-state index contributed by atoms with van der Waals surface area (Å²) in [6.45, 7) is 3.86. The van der Waals surface area contributed by atoms with Gasteiger partial charge in [-0.25, -0.2) is 9.69 Å². The molecule has 1 N–H and O–H groups in total. The Balaban J connectivity index is 1.66. The van der Waals surface area contributed by atoms with Gasteiger partial charge in [0.25, 0.3) is 17.5 Å². The number of imide groups is 2. The molecule has 1 heterocycles. The van der Waals surface area contributed by atoms with Crippen LogP contribution in [0, 0.1) is 17.0 Å². The lowest BCUT2D eigenvalue weighted by Crippen LogP contribution is -2.54. The summed E-state index contributed by atoms with van der Waals surface area (Å²) < 4.78 is 12.9. The number of nitrogens with zero attached hydrogens (tertiary/aromatic N) is 2. The Morgan fingerprint density at radius 2 is 1.82 bits per heavy atom. The Labute approximate surface area is 240 Å². The number of urea groups is 1. The topological polar surface area (TPSA) is 128 Å². The molecule has 0 bridgehead atoms. The summed E-state index contributed by atoms with van der Waals surface area (Å²) in [5, 5.41) is 13.3. The summed E-state index contributed by atoms with van der Waals surface area (Å²) in [4.78, 5) is 50.1.